The molecule has 1 atom stereocenters. The minimum Gasteiger partial charge on any atom is -0.481 e. The Bertz CT molecular complexity index is 438. The number of hydrogen-bond acceptors (Lipinski definition) is 3. The lowest BCUT2D eigenvalue weighted by Gasteiger charge is -2.28. The molecule has 0 aromatic carbocycles. The van der Waals surface area contributed by atoms with Gasteiger partial charge in [-0.05, 0) is 6.42 Å². The maximum absolute atomic E-state index is 12.0. The van der Waals surface area contributed by atoms with Gasteiger partial charge in [-0.15, -0.1) is 12.4 Å². The lowest BCUT2D eigenvalue weighted by molar-refractivity contribution is -0.873. The number of esters is 1. The molecular weight excluding hydrogens is 414 g/mol. The van der Waals surface area contributed by atoms with Gasteiger partial charge in [0.25, 0.3) is 0 Å². The van der Waals surface area contributed by atoms with Crippen molar-refractivity contribution in [2.45, 2.75) is 122 Å². The van der Waals surface area contributed by atoms with Crippen LogP contribution in [0.1, 0.15) is 116 Å². The molecule has 0 spiro atoms. The highest BCUT2D eigenvalue weighted by molar-refractivity contribution is 5.85. The fraction of sp³-hybridized carbons (Fsp3) is 0.920. The van der Waals surface area contributed by atoms with Gasteiger partial charge >= 0.3 is 11.9 Å². The van der Waals surface area contributed by atoms with E-state index < -0.39 is 12.1 Å². The van der Waals surface area contributed by atoms with Gasteiger partial charge in [0.15, 0.2) is 6.10 Å². The zero-order valence-electron chi connectivity index (χ0n) is 20.8. The van der Waals surface area contributed by atoms with Gasteiger partial charge in [-0.2, -0.15) is 0 Å². The van der Waals surface area contributed by atoms with E-state index in [-0.39, 0.29) is 24.8 Å². The van der Waals surface area contributed by atoms with Crippen LogP contribution in [0, 0.1) is 0 Å². The number of carbonyl (C=O) groups is 2. The van der Waals surface area contributed by atoms with Crippen molar-refractivity contribution in [3.63, 3.8) is 0 Å². The molecule has 186 valence electrons. The molecule has 1 unspecified atom stereocenters. The summed E-state index contributed by atoms with van der Waals surface area (Å²) in [5, 5.41) is 9.01. The van der Waals surface area contributed by atoms with Crippen molar-refractivity contribution in [1.82, 2.24) is 0 Å². The molecule has 0 saturated carbocycles. The van der Waals surface area contributed by atoms with Crippen molar-refractivity contribution in [1.29, 1.82) is 0 Å². The molecule has 0 amide bonds. The maximum Gasteiger partial charge on any atom is 0.307 e. The predicted molar refractivity (Wildman–Crippen MR) is 132 cm³/mol. The number of unbranched alkanes of at least 4 members (excludes halogenated alkanes) is 14. The lowest BCUT2D eigenvalue weighted by Crippen LogP contribution is -2.43. The first-order valence-corrected chi connectivity index (χ1v) is 12.5. The monoisotopic (exact) mass is 464 g/mol. The molecule has 0 aliphatic heterocycles. The first-order valence-electron chi connectivity index (χ1n) is 12.5. The third-order valence-electron chi connectivity index (χ3n) is 5.44. The third-order valence-corrected chi connectivity index (χ3v) is 5.44. The first-order chi connectivity index (χ1) is 14.2. The molecule has 0 heterocycles. The molecule has 0 fully saturated rings. The molecule has 6 heteroatoms. The Morgan fingerprint density at radius 3 is 1.48 bits per heavy atom. The number of quaternary nitrogens is 1. The number of rotatable bonds is 21. The van der Waals surface area contributed by atoms with Crippen LogP contribution in [-0.4, -0.2) is 55.3 Å². The number of ether oxygens (including phenoxy) is 1. The molecule has 0 aromatic rings. The van der Waals surface area contributed by atoms with Gasteiger partial charge in [-0.25, -0.2) is 0 Å². The normalized spacial score (nSPS) is 12.3. The zero-order valence-corrected chi connectivity index (χ0v) is 21.6. The Hall–Kier alpha value is -0.810. The molecule has 31 heavy (non-hydrogen) atoms. The molecule has 0 bridgehead atoms. The smallest absolute Gasteiger partial charge is 0.307 e. The second-order valence-electron chi connectivity index (χ2n) is 9.88. The summed E-state index contributed by atoms with van der Waals surface area (Å²) in [6, 6.07) is 0. The number of hydrogen-bond donors (Lipinski definition) is 1. The van der Waals surface area contributed by atoms with Crippen LogP contribution in [0.4, 0.5) is 0 Å². The topological polar surface area (TPSA) is 63.6 Å². The van der Waals surface area contributed by atoms with Crippen LogP contribution < -0.4 is 0 Å². The van der Waals surface area contributed by atoms with Crippen molar-refractivity contribution in [3.8, 4) is 0 Å². The van der Waals surface area contributed by atoms with Crippen LogP contribution >= 0.6 is 12.4 Å². The first kappa shape index (κ1) is 32.4. The van der Waals surface area contributed by atoms with Crippen LogP contribution in [-0.2, 0) is 14.3 Å². The van der Waals surface area contributed by atoms with E-state index in [0.717, 1.165) is 12.8 Å². The molecule has 0 aliphatic carbocycles. The number of carbonyl (C=O) groups excluding carboxylic acids is 1. The molecule has 0 rings (SSSR count). The van der Waals surface area contributed by atoms with Crippen LogP contribution in [0.5, 0.6) is 0 Å². The van der Waals surface area contributed by atoms with Crippen LogP contribution in [0.15, 0.2) is 0 Å². The van der Waals surface area contributed by atoms with Crippen molar-refractivity contribution < 1.29 is 23.9 Å². The van der Waals surface area contributed by atoms with Crippen molar-refractivity contribution in [2.75, 3.05) is 27.7 Å². The summed E-state index contributed by atoms with van der Waals surface area (Å²) < 4.78 is 5.99. The number of aliphatic carboxylic acids is 1. The Balaban J connectivity index is 0. The fourth-order valence-corrected chi connectivity index (χ4v) is 3.83. The van der Waals surface area contributed by atoms with E-state index in [1.807, 2.05) is 21.1 Å². The molecule has 1 N–H and O–H groups in total. The minimum absolute atomic E-state index is 0. The predicted octanol–water partition coefficient (Wildman–Crippen LogP) is 6.76. The van der Waals surface area contributed by atoms with Gasteiger partial charge < -0.3 is 14.3 Å². The summed E-state index contributed by atoms with van der Waals surface area (Å²) in [4.78, 5) is 23.0. The van der Waals surface area contributed by atoms with Crippen molar-refractivity contribution in [3.05, 3.63) is 0 Å². The molecule has 0 saturated heterocycles. The van der Waals surface area contributed by atoms with Gasteiger partial charge in [0.1, 0.15) is 6.54 Å². The number of nitrogens with zero attached hydrogens (tertiary/aromatic N) is 1. The average molecular weight is 465 g/mol. The Labute approximate surface area is 198 Å². The summed E-state index contributed by atoms with van der Waals surface area (Å²) in [7, 11) is 5.91. The molecule has 0 radical (unpaired) electrons. The van der Waals surface area contributed by atoms with E-state index >= 15 is 0 Å². The van der Waals surface area contributed by atoms with Gasteiger partial charge in [0.05, 0.1) is 27.6 Å². The Morgan fingerprint density at radius 2 is 1.13 bits per heavy atom. The quantitative estimate of drug-likeness (QED) is 0.116. The summed E-state index contributed by atoms with van der Waals surface area (Å²) in [5.41, 5.74) is 0. The van der Waals surface area contributed by atoms with Crippen molar-refractivity contribution >= 4 is 24.3 Å². The van der Waals surface area contributed by atoms with E-state index in [9.17, 15) is 9.59 Å². The largest absolute Gasteiger partial charge is 0.481 e. The zero-order chi connectivity index (χ0) is 22.7. The van der Waals surface area contributed by atoms with Crippen LogP contribution in [0.25, 0.3) is 0 Å². The number of halogens is 1. The second-order valence-corrected chi connectivity index (χ2v) is 9.88. The van der Waals surface area contributed by atoms with Crippen LogP contribution in [0.2, 0.25) is 0 Å². The highest BCUT2D eigenvalue weighted by Gasteiger charge is 2.24. The fourth-order valence-electron chi connectivity index (χ4n) is 3.83. The maximum atomic E-state index is 12.0. The van der Waals surface area contributed by atoms with Gasteiger partial charge in [-0.1, -0.05) is 96.8 Å². The number of carboxylic acids is 1. The van der Waals surface area contributed by atoms with Gasteiger partial charge in [0.2, 0.25) is 0 Å². The van der Waals surface area contributed by atoms with E-state index in [4.69, 9.17) is 9.84 Å². The second kappa shape index (κ2) is 21.1. The standard InChI is InChI=1S/C25H49NO4.ClH/c1-5-6-7-8-9-10-11-12-13-14-15-16-17-18-19-20-25(29)30-23(21-24(27)28)22-26(2,3)4;/h23H,5-22H2,1-4H3;1H/p+1. The van der Waals surface area contributed by atoms with Crippen molar-refractivity contribution in [2.24, 2.45) is 0 Å². The van der Waals surface area contributed by atoms with Crippen LogP contribution in [0.3, 0.4) is 0 Å². The van der Waals surface area contributed by atoms with E-state index in [1.165, 1.54) is 83.5 Å². The molecule has 5 nitrogen and oxygen atoms in total. The molecular formula is C25H51ClNO4+. The Kier molecular flexibility index (Phi) is 22.0. The number of likely N-dealkylation sites (N-methyl/N-ethyl adjacent to an activating group) is 1. The average Bonchev–Trinajstić information content (AvgIpc) is 2.63. The van der Waals surface area contributed by atoms with E-state index in [0.29, 0.717) is 17.4 Å². The summed E-state index contributed by atoms with van der Waals surface area (Å²) in [6.07, 6.45) is 19.1. The minimum atomic E-state index is -0.923. The Morgan fingerprint density at radius 1 is 0.742 bits per heavy atom. The van der Waals surface area contributed by atoms with E-state index in [1.54, 1.807) is 0 Å². The molecule has 0 aromatic heterocycles. The summed E-state index contributed by atoms with van der Waals surface area (Å²) in [6.45, 7) is 2.78. The van der Waals surface area contributed by atoms with E-state index in [2.05, 4.69) is 6.92 Å². The highest BCUT2D eigenvalue weighted by Crippen LogP contribution is 2.14. The van der Waals surface area contributed by atoms with Gasteiger partial charge in [-0.3, -0.25) is 9.59 Å². The SMILES string of the molecule is CCCCCCCCCCCCCCCCCC(=O)OC(CC(=O)O)C[N+](C)(C)C.Cl. The summed E-state index contributed by atoms with van der Waals surface area (Å²) >= 11 is 0. The molecule has 0 aliphatic rings. The third kappa shape index (κ3) is 25.3. The lowest BCUT2D eigenvalue weighted by atomic mass is 10.0. The summed E-state index contributed by atoms with van der Waals surface area (Å²) in [5.74, 6) is -1.18. The highest BCUT2D eigenvalue weighted by atomic mass is 35.5. The number of carboxylic acid groups (broad SMARTS) is 1. The van der Waals surface area contributed by atoms with Gasteiger partial charge in [0, 0.05) is 6.42 Å².